The van der Waals surface area contributed by atoms with Gasteiger partial charge in [-0.15, -0.1) is 10.2 Å². The van der Waals surface area contributed by atoms with E-state index in [1.54, 1.807) is 22.0 Å². The van der Waals surface area contributed by atoms with Gasteiger partial charge in [0.25, 0.3) is 5.56 Å². The van der Waals surface area contributed by atoms with Gasteiger partial charge in [-0.25, -0.2) is 0 Å². The van der Waals surface area contributed by atoms with E-state index in [2.05, 4.69) is 25.7 Å². The molecule has 0 saturated heterocycles. The molecule has 5 rings (SSSR count). The number of para-hydroxylation sites is 1. The molecule has 0 aliphatic heterocycles. The van der Waals surface area contributed by atoms with E-state index in [4.69, 9.17) is 4.52 Å². The summed E-state index contributed by atoms with van der Waals surface area (Å²) in [4.78, 5) is 29.5. The van der Waals surface area contributed by atoms with Crippen molar-refractivity contribution >= 4 is 40.4 Å². The summed E-state index contributed by atoms with van der Waals surface area (Å²) in [5.74, 6) is 0.568. The summed E-state index contributed by atoms with van der Waals surface area (Å²) in [5.41, 5.74) is 1.50. The fraction of sp³-hybridized carbons (Fsp3) is 0.143. The van der Waals surface area contributed by atoms with Crippen LogP contribution in [-0.4, -0.2) is 41.0 Å². The smallest absolute Gasteiger partial charge is 0.315 e. The average molecular weight is 447 g/mol. The second kappa shape index (κ2) is 8.27. The third kappa shape index (κ3) is 3.73. The molecule has 160 valence electrons. The average Bonchev–Trinajstić information content (AvgIpc) is 3.42. The van der Waals surface area contributed by atoms with Gasteiger partial charge in [0.1, 0.15) is 0 Å². The topological polar surface area (TPSA) is 120 Å². The van der Waals surface area contributed by atoms with Crippen molar-refractivity contribution in [2.75, 3.05) is 11.1 Å². The normalized spacial score (nSPS) is 11.3. The number of nitrogens with one attached hydrogen (secondary N) is 1. The van der Waals surface area contributed by atoms with Crippen LogP contribution in [0.15, 0.2) is 69.1 Å². The van der Waals surface area contributed by atoms with E-state index in [9.17, 15) is 9.59 Å². The van der Waals surface area contributed by atoms with Gasteiger partial charge in [0.05, 0.1) is 23.2 Å². The van der Waals surface area contributed by atoms with Crippen LogP contribution in [0.5, 0.6) is 0 Å². The van der Waals surface area contributed by atoms with Crippen LogP contribution in [0.1, 0.15) is 11.4 Å². The van der Waals surface area contributed by atoms with E-state index in [0.717, 1.165) is 5.56 Å². The number of rotatable bonds is 6. The minimum absolute atomic E-state index is 0.0429. The number of hydrogen-bond donors (Lipinski definition) is 1. The molecule has 0 aliphatic carbocycles. The zero-order valence-corrected chi connectivity index (χ0v) is 17.7. The highest BCUT2D eigenvalue weighted by Gasteiger charge is 2.18. The standard InChI is InChI=1S/C21H17N7O3S/c1-13-22-19(31-26-13)23-17(29)12-32-21-25-24-20-27(11-14-7-3-2-4-8-14)18(30)15-9-5-6-10-16(15)28(20)21/h2-10H,11-12H2,1H3,(H,22,23,26,29). The maximum Gasteiger partial charge on any atom is 0.328 e. The van der Waals surface area contributed by atoms with Gasteiger partial charge < -0.3 is 4.52 Å². The summed E-state index contributed by atoms with van der Waals surface area (Å²) >= 11 is 1.20. The number of aromatic nitrogens is 6. The fourth-order valence-corrected chi connectivity index (χ4v) is 4.11. The molecule has 0 saturated carbocycles. The molecule has 3 heterocycles. The Morgan fingerprint density at radius 1 is 1.09 bits per heavy atom. The van der Waals surface area contributed by atoms with Crippen LogP contribution in [0.3, 0.4) is 0 Å². The van der Waals surface area contributed by atoms with Gasteiger partial charge in [0, 0.05) is 0 Å². The highest BCUT2D eigenvalue weighted by atomic mass is 32.2. The van der Waals surface area contributed by atoms with Crippen LogP contribution in [-0.2, 0) is 11.3 Å². The molecule has 10 nitrogen and oxygen atoms in total. The van der Waals surface area contributed by atoms with Gasteiger partial charge in [-0.05, 0) is 24.6 Å². The predicted molar refractivity (Wildman–Crippen MR) is 119 cm³/mol. The lowest BCUT2D eigenvalue weighted by molar-refractivity contribution is -0.114. The molecule has 1 N–H and O–H groups in total. The summed E-state index contributed by atoms with van der Waals surface area (Å²) in [7, 11) is 0. The second-order valence-electron chi connectivity index (χ2n) is 7.00. The van der Waals surface area contributed by atoms with Crippen LogP contribution in [0, 0.1) is 6.92 Å². The largest absolute Gasteiger partial charge is 0.328 e. The number of carbonyl (C=O) groups is 1. The number of benzene rings is 2. The molecule has 0 fully saturated rings. The maximum absolute atomic E-state index is 13.2. The molecule has 1 amide bonds. The van der Waals surface area contributed by atoms with Crippen LogP contribution in [0.4, 0.5) is 6.01 Å². The molecular weight excluding hydrogens is 430 g/mol. The molecular formula is C21H17N7O3S. The molecule has 0 aliphatic rings. The first kappa shape index (κ1) is 19.9. The zero-order chi connectivity index (χ0) is 22.1. The molecule has 32 heavy (non-hydrogen) atoms. The lowest BCUT2D eigenvalue weighted by Gasteiger charge is -2.11. The van der Waals surface area contributed by atoms with Crippen molar-refractivity contribution in [1.82, 2.24) is 29.3 Å². The number of anilines is 1. The summed E-state index contributed by atoms with van der Waals surface area (Å²) in [5, 5.41) is 15.8. The third-order valence-corrected chi connectivity index (χ3v) is 5.70. The van der Waals surface area contributed by atoms with Crippen molar-refractivity contribution < 1.29 is 9.32 Å². The van der Waals surface area contributed by atoms with Gasteiger partial charge in [-0.2, -0.15) is 4.98 Å². The molecule has 2 aromatic carbocycles. The number of fused-ring (bicyclic) bond motifs is 3. The van der Waals surface area contributed by atoms with Gasteiger partial charge in [-0.3, -0.25) is 23.9 Å². The van der Waals surface area contributed by atoms with Crippen LogP contribution in [0.25, 0.3) is 16.7 Å². The Hall–Kier alpha value is -3.99. The number of carbonyl (C=O) groups excluding carboxylic acids is 1. The van der Waals surface area contributed by atoms with Crippen molar-refractivity contribution in [3.05, 3.63) is 76.3 Å². The Morgan fingerprint density at radius 3 is 2.66 bits per heavy atom. The monoisotopic (exact) mass is 447 g/mol. The Bertz CT molecular complexity index is 1490. The van der Waals surface area contributed by atoms with Crippen LogP contribution in [0.2, 0.25) is 0 Å². The molecule has 0 spiro atoms. The van der Waals surface area contributed by atoms with Crippen molar-refractivity contribution in [3.63, 3.8) is 0 Å². The predicted octanol–water partition coefficient (Wildman–Crippen LogP) is 2.51. The fourth-order valence-electron chi connectivity index (χ4n) is 3.37. The lowest BCUT2D eigenvalue weighted by Crippen LogP contribution is -2.24. The maximum atomic E-state index is 13.2. The quantitative estimate of drug-likeness (QED) is 0.394. The summed E-state index contributed by atoms with van der Waals surface area (Å²) in [6.45, 7) is 2.02. The van der Waals surface area contributed by atoms with Crippen molar-refractivity contribution in [3.8, 4) is 0 Å². The van der Waals surface area contributed by atoms with Gasteiger partial charge in [0.15, 0.2) is 11.0 Å². The Kier molecular flexibility index (Phi) is 5.15. The summed E-state index contributed by atoms with van der Waals surface area (Å²) < 4.78 is 8.31. The number of nitrogens with zero attached hydrogens (tertiary/aromatic N) is 6. The molecule has 0 atom stereocenters. The minimum Gasteiger partial charge on any atom is -0.315 e. The van der Waals surface area contributed by atoms with Crippen molar-refractivity contribution in [2.24, 2.45) is 0 Å². The van der Waals surface area contributed by atoms with E-state index >= 15 is 0 Å². The first-order valence-electron chi connectivity index (χ1n) is 9.74. The van der Waals surface area contributed by atoms with E-state index in [1.807, 2.05) is 48.5 Å². The molecule has 0 bridgehead atoms. The Labute approximate surface area is 185 Å². The summed E-state index contributed by atoms with van der Waals surface area (Å²) in [6.07, 6.45) is 0. The van der Waals surface area contributed by atoms with Gasteiger partial charge in [-0.1, -0.05) is 59.4 Å². The number of thioether (sulfide) groups is 1. The lowest BCUT2D eigenvalue weighted by atomic mass is 10.2. The second-order valence-corrected chi connectivity index (χ2v) is 7.94. The highest BCUT2D eigenvalue weighted by molar-refractivity contribution is 7.99. The molecule has 11 heteroatoms. The first-order chi connectivity index (χ1) is 15.6. The Balaban J connectivity index is 1.52. The van der Waals surface area contributed by atoms with E-state index in [-0.39, 0.29) is 23.2 Å². The first-order valence-corrected chi connectivity index (χ1v) is 10.7. The van der Waals surface area contributed by atoms with Gasteiger partial charge in [0.2, 0.25) is 11.7 Å². The van der Waals surface area contributed by atoms with E-state index < -0.39 is 0 Å². The molecule has 3 aromatic heterocycles. The van der Waals surface area contributed by atoms with Crippen LogP contribution < -0.4 is 10.9 Å². The van der Waals surface area contributed by atoms with E-state index in [0.29, 0.717) is 34.2 Å². The molecule has 5 aromatic rings. The SMILES string of the molecule is Cc1noc(NC(=O)CSc2nnc3n(Cc4ccccc4)c(=O)c4ccccc4n23)n1. The molecule has 0 radical (unpaired) electrons. The number of aryl methyl sites for hydroxylation is 1. The highest BCUT2D eigenvalue weighted by Crippen LogP contribution is 2.22. The zero-order valence-electron chi connectivity index (χ0n) is 16.9. The Morgan fingerprint density at radius 2 is 1.88 bits per heavy atom. The summed E-state index contributed by atoms with van der Waals surface area (Å²) in [6, 6.07) is 17.0. The van der Waals surface area contributed by atoms with Crippen molar-refractivity contribution in [2.45, 2.75) is 18.6 Å². The minimum atomic E-state index is -0.322. The van der Waals surface area contributed by atoms with Gasteiger partial charge >= 0.3 is 6.01 Å². The molecule has 0 unspecified atom stereocenters. The van der Waals surface area contributed by atoms with Crippen LogP contribution >= 0.6 is 11.8 Å². The number of hydrogen-bond acceptors (Lipinski definition) is 8. The third-order valence-electron chi connectivity index (χ3n) is 4.77. The number of amides is 1. The van der Waals surface area contributed by atoms with E-state index in [1.165, 1.54) is 11.8 Å². The van der Waals surface area contributed by atoms with Crippen molar-refractivity contribution in [1.29, 1.82) is 0 Å².